The molecule has 2 aliphatic rings. The summed E-state index contributed by atoms with van der Waals surface area (Å²) in [5, 5.41) is 1.30. The van der Waals surface area contributed by atoms with Crippen molar-refractivity contribution in [3.05, 3.63) is 74.1 Å². The topological polar surface area (TPSA) is 48.8 Å². The number of para-hydroxylation sites is 2. The third-order valence-corrected chi connectivity index (χ3v) is 8.99. The van der Waals surface area contributed by atoms with E-state index < -0.39 is 0 Å². The van der Waals surface area contributed by atoms with Crippen molar-refractivity contribution in [1.82, 2.24) is 9.47 Å². The molecule has 174 valence electrons. The number of rotatable bonds is 4. The van der Waals surface area contributed by atoms with Gasteiger partial charge in [-0.3, -0.25) is 19.1 Å². The standard InChI is InChI=1S/C25H24N4O2S3/c1-4-5-15-28-22(31)20(24-26(2)17-13-9-10-14-18(17)33-24)34-23(28)19-21(30)29(25(32)27(19)3)16-11-7-6-8-12-16/h6-14H,4-5,15H2,1-3H3/b23-19?,24-20-. The lowest BCUT2D eigenvalue weighted by Gasteiger charge is -2.16. The molecular weight excluding hydrogens is 485 g/mol. The maximum absolute atomic E-state index is 13.7. The van der Waals surface area contributed by atoms with Crippen molar-refractivity contribution in [2.75, 3.05) is 23.9 Å². The van der Waals surface area contributed by atoms with Gasteiger partial charge in [-0.05, 0) is 42.9 Å². The van der Waals surface area contributed by atoms with Crippen LogP contribution >= 0.6 is 35.3 Å². The first-order chi connectivity index (χ1) is 16.4. The SMILES string of the molecule is CCCCn1c(=C2C(=O)N(c3ccccc3)C(=S)N2C)s/c(=C2\Sc3ccccc3N2C)c1=O. The minimum Gasteiger partial charge on any atom is -0.337 e. The highest BCUT2D eigenvalue weighted by Crippen LogP contribution is 2.45. The van der Waals surface area contributed by atoms with Crippen LogP contribution in [-0.4, -0.2) is 34.6 Å². The molecule has 0 spiro atoms. The van der Waals surface area contributed by atoms with Gasteiger partial charge in [0.05, 0.1) is 11.4 Å². The van der Waals surface area contributed by atoms with Gasteiger partial charge in [-0.15, -0.1) is 11.3 Å². The van der Waals surface area contributed by atoms with Gasteiger partial charge in [0, 0.05) is 25.5 Å². The number of anilines is 2. The summed E-state index contributed by atoms with van der Waals surface area (Å²) in [6.45, 7) is 2.65. The highest BCUT2D eigenvalue weighted by molar-refractivity contribution is 8.08. The van der Waals surface area contributed by atoms with E-state index in [2.05, 4.69) is 24.0 Å². The molecule has 0 N–H and O–H groups in total. The van der Waals surface area contributed by atoms with Crippen LogP contribution in [0.4, 0.5) is 11.4 Å². The van der Waals surface area contributed by atoms with Gasteiger partial charge in [-0.1, -0.05) is 55.4 Å². The molecule has 2 aliphatic heterocycles. The minimum atomic E-state index is -0.211. The van der Waals surface area contributed by atoms with Crippen LogP contribution in [0.2, 0.25) is 0 Å². The summed E-state index contributed by atoms with van der Waals surface area (Å²) in [7, 11) is 3.78. The van der Waals surface area contributed by atoms with Crippen LogP contribution in [0.15, 0.2) is 64.3 Å². The Labute approximate surface area is 211 Å². The molecule has 2 aromatic carbocycles. The van der Waals surface area contributed by atoms with Gasteiger partial charge < -0.3 is 9.80 Å². The number of fused-ring (bicyclic) bond motifs is 1. The molecule has 0 atom stereocenters. The quantitative estimate of drug-likeness (QED) is 0.504. The number of unbranched alkanes of at least 4 members (excludes halogenated alkanes) is 1. The monoisotopic (exact) mass is 508 g/mol. The molecule has 0 aliphatic carbocycles. The number of hydrogen-bond acceptors (Lipinski definition) is 6. The Morgan fingerprint density at radius 3 is 2.35 bits per heavy atom. The van der Waals surface area contributed by atoms with Gasteiger partial charge in [-0.2, -0.15) is 0 Å². The number of aromatic nitrogens is 1. The number of benzene rings is 2. The normalized spacial score (nSPS) is 18.9. The molecule has 1 saturated heterocycles. The fourth-order valence-corrected chi connectivity index (χ4v) is 6.99. The van der Waals surface area contributed by atoms with E-state index in [4.69, 9.17) is 12.2 Å². The van der Waals surface area contributed by atoms with Gasteiger partial charge in [0.25, 0.3) is 11.5 Å². The van der Waals surface area contributed by atoms with E-state index in [-0.39, 0.29) is 11.5 Å². The first-order valence-corrected chi connectivity index (χ1v) is 13.1. The van der Waals surface area contributed by atoms with Gasteiger partial charge in [0.1, 0.15) is 19.9 Å². The van der Waals surface area contributed by atoms with Crippen molar-refractivity contribution in [2.24, 2.45) is 0 Å². The van der Waals surface area contributed by atoms with Crippen LogP contribution in [0.25, 0.3) is 10.7 Å². The van der Waals surface area contributed by atoms with E-state index in [1.165, 1.54) is 16.2 Å². The largest absolute Gasteiger partial charge is 0.337 e. The molecule has 5 rings (SSSR count). The minimum absolute atomic E-state index is 0.0617. The summed E-state index contributed by atoms with van der Waals surface area (Å²) in [4.78, 5) is 33.8. The van der Waals surface area contributed by atoms with Crippen LogP contribution in [0, 0.1) is 0 Å². The molecule has 1 fully saturated rings. The van der Waals surface area contributed by atoms with Gasteiger partial charge in [0.2, 0.25) is 0 Å². The molecule has 0 saturated carbocycles. The van der Waals surface area contributed by atoms with Crippen molar-refractivity contribution in [3.63, 3.8) is 0 Å². The third-order valence-electron chi connectivity index (χ3n) is 5.99. The van der Waals surface area contributed by atoms with Crippen molar-refractivity contribution in [3.8, 4) is 0 Å². The second kappa shape index (κ2) is 9.05. The smallest absolute Gasteiger partial charge is 0.284 e. The number of thioether (sulfide) groups is 1. The first kappa shape index (κ1) is 22.9. The molecule has 9 heteroatoms. The molecule has 34 heavy (non-hydrogen) atoms. The maximum Gasteiger partial charge on any atom is 0.284 e. The van der Waals surface area contributed by atoms with Crippen molar-refractivity contribution in [2.45, 2.75) is 31.2 Å². The number of hydrogen-bond donors (Lipinski definition) is 0. The molecule has 0 bridgehead atoms. The Morgan fingerprint density at radius 2 is 1.65 bits per heavy atom. The van der Waals surface area contributed by atoms with Gasteiger partial charge in [-0.25, -0.2) is 0 Å². The molecule has 6 nitrogen and oxygen atoms in total. The van der Waals surface area contributed by atoms with E-state index in [0.29, 0.717) is 26.5 Å². The third kappa shape index (κ3) is 3.59. The summed E-state index contributed by atoms with van der Waals surface area (Å²) >= 11 is 8.63. The van der Waals surface area contributed by atoms with Crippen molar-refractivity contribution < 1.29 is 4.79 Å². The van der Waals surface area contributed by atoms with E-state index >= 15 is 0 Å². The van der Waals surface area contributed by atoms with Crippen LogP contribution in [0.1, 0.15) is 19.8 Å². The molecule has 0 radical (unpaired) electrons. The second-order valence-corrected chi connectivity index (χ2v) is 10.5. The summed E-state index contributed by atoms with van der Waals surface area (Å²) in [6.07, 6.45) is 1.79. The molecule has 1 aromatic heterocycles. The van der Waals surface area contributed by atoms with E-state index in [1.807, 2.05) is 49.5 Å². The molecular formula is C25H24N4O2S3. The summed E-state index contributed by atoms with van der Waals surface area (Å²) in [5.41, 5.74) is 2.18. The second-order valence-electron chi connectivity index (χ2n) is 8.15. The Morgan fingerprint density at radius 1 is 0.941 bits per heavy atom. The zero-order valence-corrected chi connectivity index (χ0v) is 21.6. The number of carbonyl (C=O) groups excluding carboxylic acids is 1. The molecule has 3 aromatic rings. The summed E-state index contributed by atoms with van der Waals surface area (Å²) in [5.74, 6) is -0.211. The number of amides is 1. The Hall–Kier alpha value is -2.88. The number of thiazole rings is 1. The van der Waals surface area contributed by atoms with Crippen LogP contribution in [-0.2, 0) is 11.3 Å². The average molecular weight is 509 g/mol. The number of nitrogens with zero attached hydrogens (tertiary/aromatic N) is 4. The predicted molar refractivity (Wildman–Crippen MR) is 145 cm³/mol. The van der Waals surface area contributed by atoms with Crippen LogP contribution in [0.5, 0.6) is 0 Å². The van der Waals surface area contributed by atoms with E-state index in [1.54, 1.807) is 28.3 Å². The van der Waals surface area contributed by atoms with E-state index in [0.717, 1.165) is 34.1 Å². The summed E-state index contributed by atoms with van der Waals surface area (Å²) < 4.78 is 3.06. The Kier molecular flexibility index (Phi) is 6.09. The lowest BCUT2D eigenvalue weighted by atomic mass is 10.3. The molecule has 0 unspecified atom stereocenters. The van der Waals surface area contributed by atoms with Gasteiger partial charge in [0.15, 0.2) is 5.11 Å². The number of carbonyl (C=O) groups is 1. The Balaban J connectivity index is 1.75. The predicted octanol–water partition coefficient (Wildman–Crippen LogP) is 3.39. The lowest BCUT2D eigenvalue weighted by Crippen LogP contribution is -2.36. The van der Waals surface area contributed by atoms with Crippen molar-refractivity contribution in [1.29, 1.82) is 0 Å². The fraction of sp³-hybridized carbons (Fsp3) is 0.240. The molecule has 1 amide bonds. The van der Waals surface area contributed by atoms with Crippen LogP contribution < -0.4 is 24.6 Å². The fourth-order valence-electron chi connectivity index (χ4n) is 4.16. The Bertz CT molecular complexity index is 1480. The van der Waals surface area contributed by atoms with Crippen LogP contribution in [0.3, 0.4) is 0 Å². The van der Waals surface area contributed by atoms with Gasteiger partial charge >= 0.3 is 0 Å². The highest BCUT2D eigenvalue weighted by atomic mass is 32.2. The highest BCUT2D eigenvalue weighted by Gasteiger charge is 2.39. The summed E-state index contributed by atoms with van der Waals surface area (Å²) in [6, 6.07) is 17.5. The maximum atomic E-state index is 13.7. The number of likely N-dealkylation sites (N-methyl/N-ethyl adjacent to an activating group) is 1. The number of thiocarbonyl (C=S) groups is 1. The first-order valence-electron chi connectivity index (χ1n) is 11.1. The van der Waals surface area contributed by atoms with E-state index in [9.17, 15) is 9.59 Å². The van der Waals surface area contributed by atoms with Crippen molar-refractivity contribution >= 4 is 68.4 Å². The average Bonchev–Trinajstić information content (AvgIpc) is 3.42. The zero-order chi connectivity index (χ0) is 24.0. The molecule has 3 heterocycles. The zero-order valence-electron chi connectivity index (χ0n) is 19.1. The lowest BCUT2D eigenvalue weighted by molar-refractivity contribution is -0.112.